The number of anilines is 1. The van der Waals surface area contributed by atoms with Crippen molar-refractivity contribution in [3.63, 3.8) is 0 Å². The molecule has 0 bridgehead atoms. The van der Waals surface area contributed by atoms with Crippen molar-refractivity contribution in [2.45, 2.75) is 18.7 Å². The number of amides is 1. The predicted molar refractivity (Wildman–Crippen MR) is 103 cm³/mol. The molecule has 2 aromatic rings. The molecule has 1 N–H and O–H groups in total. The second kappa shape index (κ2) is 9.08. The van der Waals surface area contributed by atoms with Crippen molar-refractivity contribution in [1.82, 2.24) is 0 Å². The first-order chi connectivity index (χ1) is 12.0. The first-order valence-corrected chi connectivity index (χ1v) is 9.07. The van der Waals surface area contributed by atoms with Crippen LogP contribution in [0.2, 0.25) is 0 Å². The molecule has 4 nitrogen and oxygen atoms in total. The molecule has 0 radical (unpaired) electrons. The van der Waals surface area contributed by atoms with Crippen LogP contribution in [0.25, 0.3) is 6.08 Å². The number of hydrogen-bond donors (Lipinski definition) is 1. The smallest absolute Gasteiger partial charge is 0.331 e. The number of carbonyl (C=O) groups is 2. The number of para-hydroxylation sites is 1. The Morgan fingerprint density at radius 1 is 1.08 bits per heavy atom. The van der Waals surface area contributed by atoms with E-state index in [0.717, 1.165) is 27.3 Å². The predicted octanol–water partition coefficient (Wildman–Crippen LogP) is 4.22. The summed E-state index contributed by atoms with van der Waals surface area (Å²) in [5, 5.41) is 2.78. The van der Waals surface area contributed by atoms with Gasteiger partial charge >= 0.3 is 5.97 Å². The van der Waals surface area contributed by atoms with E-state index >= 15 is 0 Å². The van der Waals surface area contributed by atoms with Crippen LogP contribution in [0.4, 0.5) is 5.69 Å². The molecule has 0 aliphatic rings. The van der Waals surface area contributed by atoms with Crippen molar-refractivity contribution in [1.29, 1.82) is 0 Å². The zero-order valence-electron chi connectivity index (χ0n) is 14.5. The van der Waals surface area contributed by atoms with Crippen molar-refractivity contribution in [2.24, 2.45) is 0 Å². The first-order valence-electron chi connectivity index (χ1n) is 7.84. The monoisotopic (exact) mass is 355 g/mol. The number of ether oxygens (including phenoxy) is 1. The average molecular weight is 355 g/mol. The number of esters is 1. The van der Waals surface area contributed by atoms with Crippen molar-refractivity contribution in [2.75, 3.05) is 18.2 Å². The SMILES string of the molecule is CSc1ccc(/C=C/C(=O)OCC(=O)Nc2c(C)cccc2C)cc1. The van der Waals surface area contributed by atoms with Gasteiger partial charge in [-0.05, 0) is 55.0 Å². The Labute approximate surface area is 152 Å². The summed E-state index contributed by atoms with van der Waals surface area (Å²) in [6, 6.07) is 13.6. The number of hydrogen-bond acceptors (Lipinski definition) is 4. The van der Waals surface area contributed by atoms with Crippen LogP contribution in [0.3, 0.4) is 0 Å². The average Bonchev–Trinajstić information content (AvgIpc) is 2.62. The van der Waals surface area contributed by atoms with Crippen molar-refractivity contribution in [3.8, 4) is 0 Å². The van der Waals surface area contributed by atoms with Gasteiger partial charge in [-0.25, -0.2) is 4.79 Å². The minimum atomic E-state index is -0.550. The number of aryl methyl sites for hydroxylation is 2. The van der Waals surface area contributed by atoms with Crippen LogP contribution in [0.1, 0.15) is 16.7 Å². The Morgan fingerprint density at radius 2 is 1.72 bits per heavy atom. The summed E-state index contributed by atoms with van der Waals surface area (Å²) in [5.74, 6) is -0.908. The lowest BCUT2D eigenvalue weighted by atomic mass is 10.1. The van der Waals surface area contributed by atoms with Gasteiger partial charge in [0.05, 0.1) is 0 Å². The van der Waals surface area contributed by atoms with E-state index in [4.69, 9.17) is 4.74 Å². The lowest BCUT2D eigenvalue weighted by molar-refractivity contribution is -0.142. The van der Waals surface area contributed by atoms with Gasteiger partial charge in [0.15, 0.2) is 6.61 Å². The third kappa shape index (κ3) is 5.80. The number of benzene rings is 2. The van der Waals surface area contributed by atoms with Crippen LogP contribution < -0.4 is 5.32 Å². The van der Waals surface area contributed by atoms with E-state index in [-0.39, 0.29) is 12.5 Å². The topological polar surface area (TPSA) is 55.4 Å². The van der Waals surface area contributed by atoms with E-state index in [2.05, 4.69) is 5.32 Å². The Kier molecular flexibility index (Phi) is 6.83. The maximum Gasteiger partial charge on any atom is 0.331 e. The third-order valence-corrected chi connectivity index (χ3v) is 4.36. The zero-order chi connectivity index (χ0) is 18.2. The van der Waals surface area contributed by atoms with Crippen molar-refractivity contribution in [3.05, 3.63) is 65.2 Å². The molecule has 5 heteroatoms. The third-order valence-electron chi connectivity index (χ3n) is 3.62. The fourth-order valence-corrected chi connectivity index (χ4v) is 2.66. The number of nitrogens with one attached hydrogen (secondary N) is 1. The van der Waals surface area contributed by atoms with Gasteiger partial charge < -0.3 is 10.1 Å². The molecule has 0 fully saturated rings. The Balaban J connectivity index is 1.84. The highest BCUT2D eigenvalue weighted by atomic mass is 32.2. The van der Waals surface area contributed by atoms with Gasteiger partial charge in [-0.1, -0.05) is 30.3 Å². The molecule has 2 aromatic carbocycles. The highest BCUT2D eigenvalue weighted by molar-refractivity contribution is 7.98. The Hall–Kier alpha value is -2.53. The highest BCUT2D eigenvalue weighted by Gasteiger charge is 2.09. The number of carbonyl (C=O) groups excluding carboxylic acids is 2. The molecule has 0 saturated carbocycles. The van der Waals surface area contributed by atoms with E-state index in [1.165, 1.54) is 6.08 Å². The van der Waals surface area contributed by atoms with Crippen LogP contribution in [0, 0.1) is 13.8 Å². The number of rotatable bonds is 6. The maximum absolute atomic E-state index is 12.0. The van der Waals surface area contributed by atoms with E-state index in [1.54, 1.807) is 17.8 Å². The summed E-state index contributed by atoms with van der Waals surface area (Å²) < 4.78 is 4.98. The van der Waals surface area contributed by atoms with Gasteiger partial charge in [-0.15, -0.1) is 11.8 Å². The molecular formula is C20H21NO3S. The van der Waals surface area contributed by atoms with Gasteiger partial charge in [0.25, 0.3) is 5.91 Å². The molecule has 2 rings (SSSR count). The van der Waals surface area contributed by atoms with E-state index in [9.17, 15) is 9.59 Å². The number of thioether (sulfide) groups is 1. The molecule has 0 heterocycles. The second-order valence-corrected chi connectivity index (χ2v) is 6.41. The Bertz CT molecular complexity index is 762. The van der Waals surface area contributed by atoms with Crippen LogP contribution in [0.5, 0.6) is 0 Å². The molecule has 25 heavy (non-hydrogen) atoms. The maximum atomic E-state index is 12.0. The molecular weight excluding hydrogens is 334 g/mol. The minimum Gasteiger partial charge on any atom is -0.452 e. The largest absolute Gasteiger partial charge is 0.452 e. The quantitative estimate of drug-likeness (QED) is 0.479. The summed E-state index contributed by atoms with van der Waals surface area (Å²) in [4.78, 5) is 24.8. The van der Waals surface area contributed by atoms with Crippen LogP contribution in [-0.2, 0) is 14.3 Å². The summed E-state index contributed by atoms with van der Waals surface area (Å²) in [6.45, 7) is 3.52. The van der Waals surface area contributed by atoms with Crippen molar-refractivity contribution >= 4 is 35.4 Å². The molecule has 0 saturated heterocycles. The molecule has 0 spiro atoms. The summed E-state index contributed by atoms with van der Waals surface area (Å²) >= 11 is 1.66. The summed E-state index contributed by atoms with van der Waals surface area (Å²) in [5.41, 5.74) is 3.59. The van der Waals surface area contributed by atoms with Gasteiger partial charge in [0, 0.05) is 16.7 Å². The standard InChI is InChI=1S/C20H21NO3S/c1-14-5-4-6-15(2)20(14)21-18(22)13-24-19(23)12-9-16-7-10-17(25-3)11-8-16/h4-12H,13H2,1-3H3,(H,21,22)/b12-9+. The molecule has 0 aromatic heterocycles. The second-order valence-electron chi connectivity index (χ2n) is 5.53. The lowest BCUT2D eigenvalue weighted by Crippen LogP contribution is -2.21. The van der Waals surface area contributed by atoms with Gasteiger partial charge in [-0.3, -0.25) is 4.79 Å². The Morgan fingerprint density at radius 3 is 2.32 bits per heavy atom. The van der Waals surface area contributed by atoms with Crippen LogP contribution >= 0.6 is 11.8 Å². The van der Waals surface area contributed by atoms with Crippen LogP contribution in [0.15, 0.2) is 53.4 Å². The van der Waals surface area contributed by atoms with Gasteiger partial charge in [0.1, 0.15) is 0 Å². The fourth-order valence-electron chi connectivity index (χ4n) is 2.25. The highest BCUT2D eigenvalue weighted by Crippen LogP contribution is 2.19. The minimum absolute atomic E-state index is 0.317. The van der Waals surface area contributed by atoms with E-state index < -0.39 is 5.97 Å². The van der Waals surface area contributed by atoms with Crippen molar-refractivity contribution < 1.29 is 14.3 Å². The van der Waals surface area contributed by atoms with E-state index in [1.807, 2.05) is 62.6 Å². The summed E-state index contributed by atoms with van der Waals surface area (Å²) in [7, 11) is 0. The van der Waals surface area contributed by atoms with Crippen LogP contribution in [-0.4, -0.2) is 24.7 Å². The lowest BCUT2D eigenvalue weighted by Gasteiger charge is -2.11. The summed E-state index contributed by atoms with van der Waals surface area (Å²) in [6.07, 6.45) is 4.99. The fraction of sp³-hybridized carbons (Fsp3) is 0.200. The molecule has 0 aliphatic heterocycles. The molecule has 0 unspecified atom stereocenters. The normalized spacial score (nSPS) is 10.7. The molecule has 0 aliphatic carbocycles. The zero-order valence-corrected chi connectivity index (χ0v) is 15.4. The molecule has 1 amide bonds. The molecule has 0 atom stereocenters. The van der Waals surface area contributed by atoms with E-state index in [0.29, 0.717) is 0 Å². The molecule has 130 valence electrons. The first kappa shape index (κ1) is 18.8. The van der Waals surface area contributed by atoms with Gasteiger partial charge in [-0.2, -0.15) is 0 Å². The van der Waals surface area contributed by atoms with Gasteiger partial charge in [0.2, 0.25) is 0 Å².